The predicted molar refractivity (Wildman–Crippen MR) is 81.5 cm³/mol. The largest absolute Gasteiger partial charge is 0.308 e. The molecule has 1 fully saturated rings. The van der Waals surface area contributed by atoms with Gasteiger partial charge >= 0.3 is 0 Å². The van der Waals surface area contributed by atoms with Crippen molar-refractivity contribution in [3.05, 3.63) is 0 Å². The van der Waals surface area contributed by atoms with Gasteiger partial charge in [-0.15, -0.1) is 0 Å². The maximum atomic E-state index is 11.7. The average Bonchev–Trinajstić information content (AvgIpc) is 2.61. The van der Waals surface area contributed by atoms with Gasteiger partial charge in [-0.2, -0.15) is 0 Å². The lowest BCUT2D eigenvalue weighted by Gasteiger charge is -2.37. The molecule has 0 saturated heterocycles. The lowest BCUT2D eigenvalue weighted by Crippen LogP contribution is -2.46. The van der Waals surface area contributed by atoms with Gasteiger partial charge in [0.2, 0.25) is 0 Å². The van der Waals surface area contributed by atoms with Crippen LogP contribution in [0.3, 0.4) is 0 Å². The quantitative estimate of drug-likeness (QED) is 0.524. The van der Waals surface area contributed by atoms with Gasteiger partial charge in [0.15, 0.2) is 0 Å². The summed E-state index contributed by atoms with van der Waals surface area (Å²) in [7, 11) is 4.23. The van der Waals surface area contributed by atoms with E-state index in [2.05, 4.69) is 37.7 Å². The molecule has 0 amide bonds. The molecule has 0 N–H and O–H groups in total. The molecular weight excluding hydrogens is 236 g/mol. The van der Waals surface area contributed by atoms with Crippen molar-refractivity contribution in [2.75, 3.05) is 33.7 Å². The van der Waals surface area contributed by atoms with Crippen LogP contribution in [-0.2, 0) is 4.79 Å². The summed E-state index contributed by atoms with van der Waals surface area (Å²) in [6.07, 6.45) is 8.48. The van der Waals surface area contributed by atoms with Crippen molar-refractivity contribution >= 4 is 6.29 Å². The SMILES string of the molecule is CCN(CC1(C=O)CCCCCC1)C(C)CN(C)C. The van der Waals surface area contributed by atoms with Crippen molar-refractivity contribution in [1.82, 2.24) is 9.80 Å². The minimum atomic E-state index is -0.0763. The summed E-state index contributed by atoms with van der Waals surface area (Å²) in [5.74, 6) is 0. The highest BCUT2D eigenvalue weighted by Crippen LogP contribution is 2.34. The van der Waals surface area contributed by atoms with E-state index in [9.17, 15) is 4.79 Å². The van der Waals surface area contributed by atoms with Gasteiger partial charge in [0.05, 0.1) is 0 Å². The molecule has 0 aromatic heterocycles. The van der Waals surface area contributed by atoms with Crippen LogP contribution in [0, 0.1) is 5.41 Å². The minimum absolute atomic E-state index is 0.0763. The Labute approximate surface area is 119 Å². The van der Waals surface area contributed by atoms with Gasteiger partial charge in [-0.3, -0.25) is 4.90 Å². The van der Waals surface area contributed by atoms with Gasteiger partial charge in [0.1, 0.15) is 6.29 Å². The summed E-state index contributed by atoms with van der Waals surface area (Å²) in [4.78, 5) is 16.4. The number of rotatable bonds is 7. The van der Waals surface area contributed by atoms with Crippen molar-refractivity contribution in [2.45, 2.75) is 58.4 Å². The second kappa shape index (κ2) is 8.01. The third kappa shape index (κ3) is 5.23. The second-order valence-electron chi connectivity index (χ2n) is 6.57. The number of carbonyl (C=O) groups excluding carboxylic acids is 1. The van der Waals surface area contributed by atoms with E-state index < -0.39 is 0 Å². The fraction of sp³-hybridized carbons (Fsp3) is 0.938. The van der Waals surface area contributed by atoms with Gasteiger partial charge < -0.3 is 9.69 Å². The van der Waals surface area contributed by atoms with E-state index in [0.29, 0.717) is 6.04 Å². The third-order valence-corrected chi connectivity index (χ3v) is 4.53. The van der Waals surface area contributed by atoms with E-state index in [1.165, 1.54) is 32.0 Å². The Kier molecular flexibility index (Phi) is 7.01. The number of carbonyl (C=O) groups is 1. The van der Waals surface area contributed by atoms with Crippen LogP contribution in [-0.4, -0.2) is 55.9 Å². The number of aldehydes is 1. The molecule has 1 rings (SSSR count). The summed E-state index contributed by atoms with van der Waals surface area (Å²) in [6.45, 7) is 7.52. The van der Waals surface area contributed by atoms with Crippen molar-refractivity contribution in [1.29, 1.82) is 0 Å². The van der Waals surface area contributed by atoms with Crippen LogP contribution in [0.15, 0.2) is 0 Å². The topological polar surface area (TPSA) is 23.6 Å². The normalized spacial score (nSPS) is 21.4. The Bertz CT molecular complexity index is 257. The number of nitrogens with zero attached hydrogens (tertiary/aromatic N) is 2. The lowest BCUT2D eigenvalue weighted by atomic mass is 9.81. The van der Waals surface area contributed by atoms with Gasteiger partial charge in [-0.25, -0.2) is 0 Å². The number of hydrogen-bond donors (Lipinski definition) is 0. The first-order chi connectivity index (χ1) is 9.03. The minimum Gasteiger partial charge on any atom is -0.308 e. The highest BCUT2D eigenvalue weighted by atomic mass is 16.1. The van der Waals surface area contributed by atoms with Crippen LogP contribution >= 0.6 is 0 Å². The smallest absolute Gasteiger partial charge is 0.127 e. The average molecular weight is 268 g/mol. The van der Waals surface area contributed by atoms with Crippen LogP contribution < -0.4 is 0 Å². The Hall–Kier alpha value is -0.410. The fourth-order valence-corrected chi connectivity index (χ4v) is 3.37. The molecule has 0 spiro atoms. The molecule has 1 aliphatic rings. The molecule has 19 heavy (non-hydrogen) atoms. The number of hydrogen-bond acceptors (Lipinski definition) is 3. The molecule has 3 nitrogen and oxygen atoms in total. The Balaban J connectivity index is 2.67. The monoisotopic (exact) mass is 268 g/mol. The second-order valence-corrected chi connectivity index (χ2v) is 6.57. The molecule has 112 valence electrons. The summed E-state index contributed by atoms with van der Waals surface area (Å²) < 4.78 is 0. The lowest BCUT2D eigenvalue weighted by molar-refractivity contribution is -0.118. The van der Waals surface area contributed by atoms with Crippen molar-refractivity contribution in [3.63, 3.8) is 0 Å². The molecule has 1 unspecified atom stereocenters. The Morgan fingerprint density at radius 3 is 2.16 bits per heavy atom. The first-order valence-electron chi connectivity index (χ1n) is 7.88. The van der Waals surface area contributed by atoms with E-state index in [1.54, 1.807) is 0 Å². The first-order valence-corrected chi connectivity index (χ1v) is 7.88. The van der Waals surface area contributed by atoms with Gasteiger partial charge in [0, 0.05) is 24.5 Å². The highest BCUT2D eigenvalue weighted by molar-refractivity contribution is 5.59. The summed E-state index contributed by atoms with van der Waals surface area (Å²) in [5.41, 5.74) is -0.0763. The molecule has 0 radical (unpaired) electrons. The zero-order chi connectivity index (χ0) is 14.3. The fourth-order valence-electron chi connectivity index (χ4n) is 3.37. The van der Waals surface area contributed by atoms with Crippen LogP contribution in [0.2, 0.25) is 0 Å². The molecule has 0 aromatic carbocycles. The van der Waals surface area contributed by atoms with Gasteiger partial charge in [-0.05, 0) is 40.4 Å². The maximum absolute atomic E-state index is 11.7. The third-order valence-electron chi connectivity index (χ3n) is 4.53. The molecule has 0 aliphatic heterocycles. The summed E-state index contributed by atoms with van der Waals surface area (Å²) in [5, 5.41) is 0. The van der Waals surface area contributed by atoms with Crippen LogP contribution in [0.5, 0.6) is 0 Å². The van der Waals surface area contributed by atoms with Gasteiger partial charge in [0.25, 0.3) is 0 Å². The standard InChI is InChI=1S/C16H32N2O/c1-5-18(15(2)12-17(3)4)13-16(14-19)10-8-6-7-9-11-16/h14-15H,5-13H2,1-4H3. The molecule has 1 aliphatic carbocycles. The Morgan fingerprint density at radius 2 is 1.74 bits per heavy atom. The molecule has 3 heteroatoms. The zero-order valence-electron chi connectivity index (χ0n) is 13.3. The predicted octanol–water partition coefficient (Wildman–Crippen LogP) is 2.80. The van der Waals surface area contributed by atoms with Crippen LogP contribution in [0.1, 0.15) is 52.4 Å². The molecular formula is C16H32N2O. The maximum Gasteiger partial charge on any atom is 0.127 e. The van der Waals surface area contributed by atoms with Crippen molar-refractivity contribution in [3.8, 4) is 0 Å². The van der Waals surface area contributed by atoms with Crippen molar-refractivity contribution < 1.29 is 4.79 Å². The molecule has 0 bridgehead atoms. The molecule has 1 saturated carbocycles. The highest BCUT2D eigenvalue weighted by Gasteiger charge is 2.33. The zero-order valence-corrected chi connectivity index (χ0v) is 13.3. The Morgan fingerprint density at radius 1 is 1.16 bits per heavy atom. The molecule has 0 aromatic rings. The van der Waals surface area contributed by atoms with Crippen molar-refractivity contribution in [2.24, 2.45) is 5.41 Å². The summed E-state index contributed by atoms with van der Waals surface area (Å²) >= 11 is 0. The van der Waals surface area contributed by atoms with Crippen LogP contribution in [0.25, 0.3) is 0 Å². The van der Waals surface area contributed by atoms with E-state index in [-0.39, 0.29) is 5.41 Å². The first kappa shape index (κ1) is 16.6. The molecule has 1 atom stereocenters. The molecule has 0 heterocycles. The number of likely N-dealkylation sites (N-methyl/N-ethyl adjacent to an activating group) is 2. The van der Waals surface area contributed by atoms with Crippen LogP contribution in [0.4, 0.5) is 0 Å². The van der Waals surface area contributed by atoms with E-state index in [4.69, 9.17) is 0 Å². The van der Waals surface area contributed by atoms with E-state index in [1.807, 2.05) is 0 Å². The van der Waals surface area contributed by atoms with E-state index >= 15 is 0 Å². The summed E-state index contributed by atoms with van der Waals surface area (Å²) in [6, 6.07) is 0.514. The van der Waals surface area contributed by atoms with Gasteiger partial charge in [-0.1, -0.05) is 32.6 Å². The van der Waals surface area contributed by atoms with E-state index in [0.717, 1.165) is 32.5 Å².